The summed E-state index contributed by atoms with van der Waals surface area (Å²) in [6.07, 6.45) is 4.01. The molecule has 0 aromatic carbocycles. The van der Waals surface area contributed by atoms with Gasteiger partial charge in [-0.25, -0.2) is 9.97 Å². The normalized spacial score (nSPS) is 18.1. The second kappa shape index (κ2) is 5.10. The van der Waals surface area contributed by atoms with Crippen LogP contribution in [0.3, 0.4) is 0 Å². The lowest BCUT2D eigenvalue weighted by atomic mass is 10.0. The van der Waals surface area contributed by atoms with Crippen LogP contribution >= 0.6 is 15.9 Å². The van der Waals surface area contributed by atoms with Gasteiger partial charge in [0, 0.05) is 25.2 Å². The monoisotopic (exact) mass is 284 g/mol. The Hall–Kier alpha value is -0.680. The van der Waals surface area contributed by atoms with Crippen LogP contribution in [0.15, 0.2) is 17.0 Å². The molecule has 4 nitrogen and oxygen atoms in total. The van der Waals surface area contributed by atoms with Crippen molar-refractivity contribution in [3.05, 3.63) is 17.0 Å². The van der Waals surface area contributed by atoms with Gasteiger partial charge in [-0.05, 0) is 42.9 Å². The predicted octanol–water partition coefficient (Wildman–Crippen LogP) is 1.77. The van der Waals surface area contributed by atoms with Crippen molar-refractivity contribution >= 4 is 21.7 Å². The van der Waals surface area contributed by atoms with Crippen molar-refractivity contribution in [2.45, 2.75) is 18.9 Å². The van der Waals surface area contributed by atoms with Crippen molar-refractivity contribution in [3.63, 3.8) is 0 Å². The highest BCUT2D eigenvalue weighted by Gasteiger charge is 2.21. The number of aromatic nitrogens is 2. The van der Waals surface area contributed by atoms with Crippen LogP contribution in [0.4, 0.5) is 5.82 Å². The lowest BCUT2D eigenvalue weighted by Crippen LogP contribution is -2.42. The summed E-state index contributed by atoms with van der Waals surface area (Å²) >= 11 is 3.38. The molecule has 0 atom stereocenters. The molecule has 0 bridgehead atoms. The number of halogens is 1. The molecule has 1 aromatic rings. The number of rotatable bonds is 2. The number of hydrogen-bond donors (Lipinski definition) is 0. The van der Waals surface area contributed by atoms with Crippen LogP contribution in [0, 0.1) is 0 Å². The van der Waals surface area contributed by atoms with Crippen LogP contribution in [0.5, 0.6) is 0 Å². The van der Waals surface area contributed by atoms with Gasteiger partial charge < -0.3 is 9.80 Å². The largest absolute Gasteiger partial charge is 0.356 e. The molecule has 16 heavy (non-hydrogen) atoms. The van der Waals surface area contributed by atoms with E-state index in [0.717, 1.165) is 23.5 Å². The number of nitrogens with zero attached hydrogens (tertiary/aromatic N) is 4. The zero-order valence-corrected chi connectivity index (χ0v) is 11.3. The first-order valence-electron chi connectivity index (χ1n) is 5.56. The van der Waals surface area contributed by atoms with Crippen LogP contribution in [-0.2, 0) is 0 Å². The van der Waals surface area contributed by atoms with E-state index in [1.165, 1.54) is 12.8 Å². The second-order valence-corrected chi connectivity index (χ2v) is 5.19. The zero-order valence-electron chi connectivity index (χ0n) is 9.73. The fraction of sp³-hybridized carbons (Fsp3) is 0.636. The molecule has 0 amide bonds. The van der Waals surface area contributed by atoms with Gasteiger partial charge in [0.05, 0.1) is 0 Å². The van der Waals surface area contributed by atoms with E-state index in [-0.39, 0.29) is 0 Å². The highest BCUT2D eigenvalue weighted by Crippen LogP contribution is 2.21. The van der Waals surface area contributed by atoms with Crippen LogP contribution in [0.1, 0.15) is 12.8 Å². The molecule has 0 N–H and O–H groups in total. The lowest BCUT2D eigenvalue weighted by molar-refractivity contribution is 0.249. The first-order chi connectivity index (χ1) is 7.66. The van der Waals surface area contributed by atoms with Gasteiger partial charge in [0.25, 0.3) is 0 Å². The molecule has 5 heteroatoms. The van der Waals surface area contributed by atoms with Gasteiger partial charge in [0.15, 0.2) is 0 Å². The first-order valence-corrected chi connectivity index (χ1v) is 6.35. The Morgan fingerprint density at radius 2 is 2.00 bits per heavy atom. The van der Waals surface area contributed by atoms with Crippen molar-refractivity contribution in [1.29, 1.82) is 0 Å². The maximum Gasteiger partial charge on any atom is 0.133 e. The summed E-state index contributed by atoms with van der Waals surface area (Å²) in [6.45, 7) is 2.15. The van der Waals surface area contributed by atoms with Crippen molar-refractivity contribution in [3.8, 4) is 0 Å². The highest BCUT2D eigenvalue weighted by atomic mass is 79.9. The van der Waals surface area contributed by atoms with Crippen molar-refractivity contribution in [2.75, 3.05) is 32.1 Å². The maximum atomic E-state index is 4.30. The summed E-state index contributed by atoms with van der Waals surface area (Å²) < 4.78 is 0.854. The molecule has 1 saturated heterocycles. The van der Waals surface area contributed by atoms with Gasteiger partial charge in [-0.1, -0.05) is 0 Å². The summed E-state index contributed by atoms with van der Waals surface area (Å²) in [5.74, 6) is 1.03. The Bertz CT molecular complexity index is 348. The molecule has 1 aliphatic heterocycles. The second-order valence-electron chi connectivity index (χ2n) is 4.38. The van der Waals surface area contributed by atoms with Gasteiger partial charge in [0.2, 0.25) is 0 Å². The summed E-state index contributed by atoms with van der Waals surface area (Å²) in [5, 5.41) is 0. The molecule has 0 spiro atoms. The Kier molecular flexibility index (Phi) is 3.76. The van der Waals surface area contributed by atoms with E-state index in [4.69, 9.17) is 0 Å². The third kappa shape index (κ3) is 2.71. The van der Waals surface area contributed by atoms with Crippen molar-refractivity contribution in [1.82, 2.24) is 14.9 Å². The lowest BCUT2D eigenvalue weighted by Gasteiger charge is -2.35. The maximum absolute atomic E-state index is 4.30. The van der Waals surface area contributed by atoms with Gasteiger partial charge in [-0.3, -0.25) is 0 Å². The zero-order chi connectivity index (χ0) is 11.5. The SMILES string of the molecule is CN(C)C1CCN(c2cc(Br)ncn2)CC1. The highest BCUT2D eigenvalue weighted by molar-refractivity contribution is 9.10. The van der Waals surface area contributed by atoms with Gasteiger partial charge in [0.1, 0.15) is 16.7 Å². The molecular weight excluding hydrogens is 268 g/mol. The average Bonchev–Trinajstić information content (AvgIpc) is 2.29. The van der Waals surface area contributed by atoms with Crippen LogP contribution in [-0.4, -0.2) is 48.1 Å². The first kappa shape index (κ1) is 11.8. The summed E-state index contributed by atoms with van der Waals surface area (Å²) in [6, 6.07) is 2.69. The quantitative estimate of drug-likeness (QED) is 0.775. The Morgan fingerprint density at radius 1 is 1.31 bits per heavy atom. The number of hydrogen-bond acceptors (Lipinski definition) is 4. The molecule has 0 saturated carbocycles. The third-order valence-corrected chi connectivity index (χ3v) is 3.57. The average molecular weight is 285 g/mol. The van der Waals surface area contributed by atoms with Gasteiger partial charge in [-0.15, -0.1) is 0 Å². The number of anilines is 1. The van der Waals surface area contributed by atoms with Crippen LogP contribution in [0.2, 0.25) is 0 Å². The molecular formula is C11H17BrN4. The molecule has 1 fully saturated rings. The van der Waals surface area contributed by atoms with E-state index >= 15 is 0 Å². The molecule has 0 radical (unpaired) electrons. The van der Waals surface area contributed by atoms with Crippen molar-refractivity contribution < 1.29 is 0 Å². The van der Waals surface area contributed by atoms with Crippen molar-refractivity contribution in [2.24, 2.45) is 0 Å². The minimum atomic E-state index is 0.710. The molecule has 2 rings (SSSR count). The fourth-order valence-electron chi connectivity index (χ4n) is 2.11. The van der Waals surface area contributed by atoms with Crippen LogP contribution < -0.4 is 4.90 Å². The Morgan fingerprint density at radius 3 is 2.56 bits per heavy atom. The molecule has 0 unspecified atom stereocenters. The van der Waals surface area contributed by atoms with E-state index in [1.54, 1.807) is 6.33 Å². The van der Waals surface area contributed by atoms with Gasteiger partial charge in [-0.2, -0.15) is 0 Å². The smallest absolute Gasteiger partial charge is 0.133 e. The Balaban J connectivity index is 1.99. The summed E-state index contributed by atoms with van der Waals surface area (Å²) in [4.78, 5) is 13.0. The summed E-state index contributed by atoms with van der Waals surface area (Å²) in [5.41, 5.74) is 0. The topological polar surface area (TPSA) is 32.3 Å². The van der Waals surface area contributed by atoms with E-state index < -0.39 is 0 Å². The van der Waals surface area contributed by atoms with Gasteiger partial charge >= 0.3 is 0 Å². The molecule has 88 valence electrons. The molecule has 2 heterocycles. The molecule has 1 aromatic heterocycles. The fourth-order valence-corrected chi connectivity index (χ4v) is 2.40. The minimum absolute atomic E-state index is 0.710. The molecule has 1 aliphatic rings. The standard InChI is InChI=1S/C11H17BrN4/c1-15(2)9-3-5-16(6-4-9)11-7-10(12)13-8-14-11/h7-9H,3-6H2,1-2H3. The van der Waals surface area contributed by atoms with E-state index in [1.807, 2.05) is 6.07 Å². The summed E-state index contributed by atoms with van der Waals surface area (Å²) in [7, 11) is 4.31. The molecule has 0 aliphatic carbocycles. The third-order valence-electron chi connectivity index (χ3n) is 3.14. The number of piperidine rings is 1. The van der Waals surface area contributed by atoms with E-state index in [0.29, 0.717) is 6.04 Å². The minimum Gasteiger partial charge on any atom is -0.356 e. The predicted molar refractivity (Wildman–Crippen MR) is 68.7 cm³/mol. The van der Waals surface area contributed by atoms with E-state index in [2.05, 4.69) is 49.8 Å². The Labute approximate surface area is 105 Å². The van der Waals surface area contributed by atoms with Crippen LogP contribution in [0.25, 0.3) is 0 Å². The van der Waals surface area contributed by atoms with E-state index in [9.17, 15) is 0 Å².